The van der Waals surface area contributed by atoms with Crippen molar-refractivity contribution in [3.05, 3.63) is 46.8 Å². The van der Waals surface area contributed by atoms with Crippen molar-refractivity contribution in [2.75, 3.05) is 21.2 Å². The molecule has 0 aliphatic heterocycles. The number of benzene rings is 1. The van der Waals surface area contributed by atoms with Gasteiger partial charge in [0.2, 0.25) is 5.91 Å². The van der Waals surface area contributed by atoms with E-state index in [-0.39, 0.29) is 5.91 Å². The van der Waals surface area contributed by atoms with E-state index in [1.807, 2.05) is 34.1 Å². The minimum atomic E-state index is -0.399. The number of ether oxygens (including phenoxy) is 1. The third-order valence-corrected chi connectivity index (χ3v) is 4.11. The van der Waals surface area contributed by atoms with E-state index in [9.17, 15) is 4.79 Å². The Labute approximate surface area is 143 Å². The van der Waals surface area contributed by atoms with Gasteiger partial charge in [-0.3, -0.25) is 9.48 Å². The number of carbonyl (C=O) groups is 1. The molecule has 1 aromatic heterocycles. The van der Waals surface area contributed by atoms with Crippen molar-refractivity contribution < 1.29 is 9.53 Å². The zero-order valence-corrected chi connectivity index (χ0v) is 15.3. The molecule has 0 spiro atoms. The molecule has 24 heavy (non-hydrogen) atoms. The molecule has 1 N–H and O–H groups in total. The smallest absolute Gasteiger partial charge is 0.244 e. The number of methoxy groups -OCH3 is 1. The SMILES string of the molecule is CNC(C(=O)N(C)Cc1cc(C)c(OC)c(C)c1)c1cnn(C)c1. The van der Waals surface area contributed by atoms with Gasteiger partial charge >= 0.3 is 0 Å². The van der Waals surface area contributed by atoms with Gasteiger partial charge in [-0.2, -0.15) is 5.10 Å². The largest absolute Gasteiger partial charge is 0.496 e. The molecule has 6 heteroatoms. The Hall–Kier alpha value is -2.34. The molecule has 1 unspecified atom stereocenters. The Morgan fingerprint density at radius 2 is 2.00 bits per heavy atom. The molecule has 2 rings (SSSR count). The predicted molar refractivity (Wildman–Crippen MR) is 94.0 cm³/mol. The summed E-state index contributed by atoms with van der Waals surface area (Å²) in [7, 11) is 7.12. The van der Waals surface area contributed by atoms with Crippen molar-refractivity contribution in [2.45, 2.75) is 26.4 Å². The first-order valence-electron chi connectivity index (χ1n) is 7.92. The molecule has 6 nitrogen and oxygen atoms in total. The molecule has 0 aliphatic carbocycles. The van der Waals surface area contributed by atoms with E-state index in [0.29, 0.717) is 6.54 Å². The van der Waals surface area contributed by atoms with Crippen LogP contribution < -0.4 is 10.1 Å². The third kappa shape index (κ3) is 3.76. The number of aromatic nitrogens is 2. The minimum absolute atomic E-state index is 0.0108. The lowest BCUT2D eigenvalue weighted by Crippen LogP contribution is -2.37. The maximum atomic E-state index is 12.8. The fourth-order valence-corrected chi connectivity index (χ4v) is 3.05. The molecule has 1 atom stereocenters. The third-order valence-electron chi connectivity index (χ3n) is 4.11. The first kappa shape index (κ1) is 18.0. The number of hydrogen-bond donors (Lipinski definition) is 1. The van der Waals surface area contributed by atoms with Gasteiger partial charge in [0.25, 0.3) is 0 Å². The first-order chi connectivity index (χ1) is 11.4. The van der Waals surface area contributed by atoms with Crippen molar-refractivity contribution in [3.8, 4) is 5.75 Å². The topological polar surface area (TPSA) is 59.4 Å². The van der Waals surface area contributed by atoms with Gasteiger partial charge in [0.15, 0.2) is 0 Å². The summed E-state index contributed by atoms with van der Waals surface area (Å²) in [4.78, 5) is 14.5. The number of nitrogens with one attached hydrogen (secondary N) is 1. The molecule has 0 radical (unpaired) electrons. The highest BCUT2D eigenvalue weighted by Gasteiger charge is 2.23. The van der Waals surface area contributed by atoms with Gasteiger partial charge in [-0.05, 0) is 37.6 Å². The van der Waals surface area contributed by atoms with Crippen molar-refractivity contribution >= 4 is 5.91 Å². The molecule has 1 amide bonds. The van der Waals surface area contributed by atoms with Crippen molar-refractivity contribution in [1.29, 1.82) is 0 Å². The number of aryl methyl sites for hydroxylation is 3. The van der Waals surface area contributed by atoms with Crippen LogP contribution >= 0.6 is 0 Å². The van der Waals surface area contributed by atoms with Crippen LogP contribution in [0, 0.1) is 13.8 Å². The maximum Gasteiger partial charge on any atom is 0.244 e. The van der Waals surface area contributed by atoms with Crippen LogP contribution in [0.4, 0.5) is 0 Å². The van der Waals surface area contributed by atoms with Crippen LogP contribution in [0.5, 0.6) is 5.75 Å². The van der Waals surface area contributed by atoms with Crippen molar-refractivity contribution in [3.63, 3.8) is 0 Å². The normalized spacial score (nSPS) is 12.1. The molecule has 0 fully saturated rings. The zero-order valence-electron chi connectivity index (χ0n) is 15.3. The van der Waals surface area contributed by atoms with Gasteiger partial charge in [0.05, 0.1) is 13.3 Å². The second kappa shape index (κ2) is 7.49. The molecule has 0 aliphatic rings. The summed E-state index contributed by atoms with van der Waals surface area (Å²) in [6.45, 7) is 4.58. The molecular weight excluding hydrogens is 304 g/mol. The van der Waals surface area contributed by atoms with E-state index < -0.39 is 6.04 Å². The summed E-state index contributed by atoms with van der Waals surface area (Å²) >= 11 is 0. The van der Waals surface area contributed by atoms with Crippen LogP contribution in [0.3, 0.4) is 0 Å². The monoisotopic (exact) mass is 330 g/mol. The van der Waals surface area contributed by atoms with Crippen LogP contribution in [0.15, 0.2) is 24.5 Å². The Morgan fingerprint density at radius 3 is 2.46 bits per heavy atom. The number of nitrogens with zero attached hydrogens (tertiary/aromatic N) is 3. The molecule has 2 aromatic rings. The summed E-state index contributed by atoms with van der Waals surface area (Å²) in [6.07, 6.45) is 3.57. The number of likely N-dealkylation sites (N-methyl/N-ethyl adjacent to an activating group) is 2. The highest BCUT2D eigenvalue weighted by Crippen LogP contribution is 2.25. The first-order valence-corrected chi connectivity index (χ1v) is 7.92. The molecule has 1 heterocycles. The highest BCUT2D eigenvalue weighted by molar-refractivity contribution is 5.83. The van der Waals surface area contributed by atoms with Crippen molar-refractivity contribution in [1.82, 2.24) is 20.0 Å². The number of carbonyl (C=O) groups excluding carboxylic acids is 1. The zero-order chi connectivity index (χ0) is 17.9. The Balaban J connectivity index is 2.16. The lowest BCUT2D eigenvalue weighted by molar-refractivity contribution is -0.132. The molecule has 1 aromatic carbocycles. The second-order valence-corrected chi connectivity index (χ2v) is 6.13. The van der Waals surface area contributed by atoms with Crippen LogP contribution in [0.25, 0.3) is 0 Å². The fraction of sp³-hybridized carbons (Fsp3) is 0.444. The minimum Gasteiger partial charge on any atom is -0.496 e. The van der Waals surface area contributed by atoms with Gasteiger partial charge in [-0.15, -0.1) is 0 Å². The van der Waals surface area contributed by atoms with Gasteiger partial charge in [0, 0.05) is 32.4 Å². The number of rotatable bonds is 6. The highest BCUT2D eigenvalue weighted by atomic mass is 16.5. The van der Waals surface area contributed by atoms with Gasteiger partial charge in [0.1, 0.15) is 11.8 Å². The van der Waals surface area contributed by atoms with Gasteiger partial charge < -0.3 is 15.0 Å². The quantitative estimate of drug-likeness (QED) is 0.880. The summed E-state index contributed by atoms with van der Waals surface area (Å²) in [5, 5.41) is 7.22. The second-order valence-electron chi connectivity index (χ2n) is 6.13. The summed E-state index contributed by atoms with van der Waals surface area (Å²) < 4.78 is 7.10. The summed E-state index contributed by atoms with van der Waals surface area (Å²) in [6, 6.07) is 3.73. The molecule has 0 saturated carbocycles. The van der Waals surface area contributed by atoms with E-state index in [2.05, 4.69) is 22.5 Å². The van der Waals surface area contributed by atoms with Crippen LogP contribution in [-0.2, 0) is 18.4 Å². The van der Waals surface area contributed by atoms with E-state index >= 15 is 0 Å². The Bertz CT molecular complexity index is 701. The van der Waals surface area contributed by atoms with Crippen molar-refractivity contribution in [2.24, 2.45) is 7.05 Å². The van der Waals surface area contributed by atoms with E-state index in [1.54, 1.807) is 29.9 Å². The maximum absolute atomic E-state index is 12.8. The molecule has 0 saturated heterocycles. The van der Waals surface area contributed by atoms with Crippen LogP contribution in [0.2, 0.25) is 0 Å². The summed E-state index contributed by atoms with van der Waals surface area (Å²) in [5.41, 5.74) is 4.10. The average Bonchev–Trinajstić information content (AvgIpc) is 2.93. The fourth-order valence-electron chi connectivity index (χ4n) is 3.05. The lowest BCUT2D eigenvalue weighted by Gasteiger charge is -2.23. The van der Waals surface area contributed by atoms with Gasteiger partial charge in [-0.25, -0.2) is 0 Å². The molecular formula is C18H26N4O2. The summed E-state index contributed by atoms with van der Waals surface area (Å²) in [5.74, 6) is 0.910. The van der Waals surface area contributed by atoms with Gasteiger partial charge in [-0.1, -0.05) is 12.1 Å². The van der Waals surface area contributed by atoms with Crippen LogP contribution in [0.1, 0.15) is 28.3 Å². The Morgan fingerprint density at radius 1 is 1.38 bits per heavy atom. The van der Waals surface area contributed by atoms with E-state index in [0.717, 1.165) is 28.0 Å². The average molecular weight is 330 g/mol. The number of amides is 1. The predicted octanol–water partition coefficient (Wildman–Crippen LogP) is 1.96. The lowest BCUT2D eigenvalue weighted by atomic mass is 10.0. The number of hydrogen-bond acceptors (Lipinski definition) is 4. The Kier molecular flexibility index (Phi) is 5.62. The molecule has 0 bridgehead atoms. The van der Waals surface area contributed by atoms with Crippen LogP contribution in [-0.4, -0.2) is 41.8 Å². The standard InChI is InChI=1S/C18H26N4O2/c1-12-7-14(8-13(2)17(12)24-6)10-21(4)18(23)16(19-3)15-9-20-22(5)11-15/h7-9,11,16,19H,10H2,1-6H3. The van der Waals surface area contributed by atoms with E-state index in [1.165, 1.54) is 0 Å². The van der Waals surface area contributed by atoms with E-state index in [4.69, 9.17) is 4.74 Å². The molecule has 130 valence electrons.